The van der Waals surface area contributed by atoms with E-state index in [1.807, 2.05) is 13.8 Å². The molecule has 1 fully saturated rings. The molecule has 5 nitrogen and oxygen atoms in total. The lowest BCUT2D eigenvalue weighted by molar-refractivity contribution is -0.120. The second-order valence-corrected chi connectivity index (χ2v) is 5.24. The molecule has 1 heterocycles. The molecule has 0 aromatic carbocycles. The summed E-state index contributed by atoms with van der Waals surface area (Å²) < 4.78 is 11.4. The summed E-state index contributed by atoms with van der Waals surface area (Å²) in [7, 11) is 0. The molecule has 0 aromatic rings. The van der Waals surface area contributed by atoms with Crippen LogP contribution < -0.4 is 0 Å². The normalized spacial score (nSPS) is 52.6. The van der Waals surface area contributed by atoms with Crippen molar-refractivity contribution in [2.75, 3.05) is 6.61 Å². The van der Waals surface area contributed by atoms with Crippen molar-refractivity contribution in [3.63, 3.8) is 0 Å². The number of aliphatic hydroxyl groups excluding tert-OH is 3. The fraction of sp³-hybridized carbons (Fsp3) is 0.833. The lowest BCUT2D eigenvalue weighted by Crippen LogP contribution is -2.51. The van der Waals surface area contributed by atoms with Crippen LogP contribution in [0.5, 0.6) is 0 Å². The molecule has 0 spiro atoms. The third-order valence-electron chi connectivity index (χ3n) is 3.80. The molecule has 1 aliphatic heterocycles. The molecule has 1 aliphatic carbocycles. The Hall–Kier alpha value is -0.460. The fourth-order valence-electron chi connectivity index (χ4n) is 2.65. The zero-order valence-electron chi connectivity index (χ0n) is 10.2. The highest BCUT2D eigenvalue weighted by molar-refractivity contribution is 5.10. The minimum absolute atomic E-state index is 0.231. The van der Waals surface area contributed by atoms with Crippen LogP contribution in [0.15, 0.2) is 12.2 Å². The molecule has 5 atom stereocenters. The molecule has 0 amide bonds. The van der Waals surface area contributed by atoms with E-state index in [-0.39, 0.29) is 6.61 Å². The Morgan fingerprint density at radius 3 is 1.82 bits per heavy atom. The maximum atomic E-state index is 9.82. The van der Waals surface area contributed by atoms with E-state index in [9.17, 15) is 10.2 Å². The van der Waals surface area contributed by atoms with E-state index in [4.69, 9.17) is 14.6 Å². The summed E-state index contributed by atoms with van der Waals surface area (Å²) in [6.07, 6.45) is 1.84. The van der Waals surface area contributed by atoms with E-state index in [0.29, 0.717) is 12.8 Å². The SMILES string of the molecule is C[C@@]12C[C@@H](O)/C=C/[C@H](O)C[C@]1(C)OC(CO)O2. The second-order valence-electron chi connectivity index (χ2n) is 5.24. The second kappa shape index (κ2) is 4.33. The predicted molar refractivity (Wildman–Crippen MR) is 60.2 cm³/mol. The summed E-state index contributed by atoms with van der Waals surface area (Å²) in [5, 5.41) is 28.8. The summed E-state index contributed by atoms with van der Waals surface area (Å²) in [5.74, 6) is 0. The van der Waals surface area contributed by atoms with E-state index in [1.165, 1.54) is 0 Å². The van der Waals surface area contributed by atoms with E-state index in [0.717, 1.165) is 0 Å². The molecule has 1 saturated heterocycles. The van der Waals surface area contributed by atoms with Crippen LogP contribution in [0.25, 0.3) is 0 Å². The number of hydrogen-bond acceptors (Lipinski definition) is 5. The van der Waals surface area contributed by atoms with Crippen LogP contribution in [0.4, 0.5) is 0 Å². The van der Waals surface area contributed by atoms with Crippen LogP contribution in [-0.2, 0) is 9.47 Å². The number of ether oxygens (including phenoxy) is 2. The molecule has 2 aliphatic rings. The summed E-state index contributed by atoms with van der Waals surface area (Å²) >= 11 is 0. The first kappa shape index (κ1) is 13.0. The third kappa shape index (κ3) is 2.26. The third-order valence-corrected chi connectivity index (χ3v) is 3.80. The average Bonchev–Trinajstić information content (AvgIpc) is 2.46. The molecule has 2 rings (SSSR count). The number of fused-ring (bicyclic) bond motifs is 1. The Labute approximate surface area is 101 Å². The number of aliphatic hydroxyl groups is 3. The maximum absolute atomic E-state index is 9.82. The van der Waals surface area contributed by atoms with Crippen molar-refractivity contribution < 1.29 is 24.8 Å². The highest BCUT2D eigenvalue weighted by Crippen LogP contribution is 2.45. The predicted octanol–water partition coefficient (Wildman–Crippen LogP) is -0.0592. The van der Waals surface area contributed by atoms with Crippen molar-refractivity contribution in [1.82, 2.24) is 0 Å². The zero-order valence-corrected chi connectivity index (χ0v) is 10.2. The summed E-state index contributed by atoms with van der Waals surface area (Å²) in [6.45, 7) is 3.46. The Balaban J connectivity index is 2.30. The van der Waals surface area contributed by atoms with Gasteiger partial charge in [-0.05, 0) is 13.8 Å². The van der Waals surface area contributed by atoms with Crippen LogP contribution in [0.2, 0.25) is 0 Å². The van der Waals surface area contributed by atoms with E-state index in [1.54, 1.807) is 12.2 Å². The monoisotopic (exact) mass is 244 g/mol. The van der Waals surface area contributed by atoms with Crippen LogP contribution >= 0.6 is 0 Å². The molecule has 98 valence electrons. The van der Waals surface area contributed by atoms with Crippen molar-refractivity contribution in [1.29, 1.82) is 0 Å². The molecule has 0 bridgehead atoms. The first-order chi connectivity index (χ1) is 7.88. The molecule has 3 N–H and O–H groups in total. The molecular weight excluding hydrogens is 224 g/mol. The first-order valence-corrected chi connectivity index (χ1v) is 5.89. The lowest BCUT2D eigenvalue weighted by Gasteiger charge is -2.40. The molecule has 1 unspecified atom stereocenters. The summed E-state index contributed by atoms with van der Waals surface area (Å²) in [6, 6.07) is 0. The highest BCUT2D eigenvalue weighted by atomic mass is 16.8. The van der Waals surface area contributed by atoms with Gasteiger partial charge in [0.05, 0.1) is 18.8 Å². The van der Waals surface area contributed by atoms with E-state index in [2.05, 4.69) is 0 Å². The van der Waals surface area contributed by atoms with Gasteiger partial charge in [0.2, 0.25) is 0 Å². The van der Waals surface area contributed by atoms with Gasteiger partial charge in [-0.3, -0.25) is 0 Å². The van der Waals surface area contributed by atoms with E-state index >= 15 is 0 Å². The Kier molecular flexibility index (Phi) is 3.31. The average molecular weight is 244 g/mol. The van der Waals surface area contributed by atoms with Crippen molar-refractivity contribution in [2.24, 2.45) is 0 Å². The zero-order chi connectivity index (χ0) is 12.7. The highest BCUT2D eigenvalue weighted by Gasteiger charge is 2.56. The molecular formula is C12H20O5. The van der Waals surface area contributed by atoms with Gasteiger partial charge < -0.3 is 24.8 Å². The van der Waals surface area contributed by atoms with Gasteiger partial charge in [0.15, 0.2) is 6.29 Å². The minimum Gasteiger partial charge on any atom is -0.391 e. The molecule has 5 heteroatoms. The van der Waals surface area contributed by atoms with Gasteiger partial charge in [-0.25, -0.2) is 0 Å². The first-order valence-electron chi connectivity index (χ1n) is 5.89. The van der Waals surface area contributed by atoms with Crippen LogP contribution in [0.3, 0.4) is 0 Å². The lowest BCUT2D eigenvalue weighted by atomic mass is 9.76. The van der Waals surface area contributed by atoms with Crippen molar-refractivity contribution in [2.45, 2.75) is 56.4 Å². The van der Waals surface area contributed by atoms with Gasteiger partial charge in [0.1, 0.15) is 11.2 Å². The van der Waals surface area contributed by atoms with Crippen molar-refractivity contribution in [3.05, 3.63) is 12.2 Å². The van der Waals surface area contributed by atoms with Crippen molar-refractivity contribution >= 4 is 0 Å². The van der Waals surface area contributed by atoms with Crippen LogP contribution in [-0.4, -0.2) is 51.6 Å². The van der Waals surface area contributed by atoms with Gasteiger partial charge in [0, 0.05) is 12.8 Å². The molecule has 17 heavy (non-hydrogen) atoms. The summed E-state index contributed by atoms with van der Waals surface area (Å²) in [4.78, 5) is 0. The number of rotatable bonds is 1. The van der Waals surface area contributed by atoms with Gasteiger partial charge in [0.25, 0.3) is 0 Å². The molecule has 0 aromatic heterocycles. The van der Waals surface area contributed by atoms with E-state index < -0.39 is 29.7 Å². The maximum Gasteiger partial charge on any atom is 0.182 e. The topological polar surface area (TPSA) is 79.2 Å². The Bertz CT molecular complexity index is 290. The van der Waals surface area contributed by atoms with Gasteiger partial charge in [-0.15, -0.1) is 0 Å². The standard InChI is InChI=1S/C12H20O5/c1-11-5-8(14)3-4-9(15)6-12(11,2)17-10(7-13)16-11/h3-4,8-10,13-15H,5-7H2,1-2H3/b4-3+/t8-,9-,10?,11-,12+/m0/s1. The van der Waals surface area contributed by atoms with Crippen LogP contribution in [0.1, 0.15) is 26.7 Å². The molecule has 0 saturated carbocycles. The smallest absolute Gasteiger partial charge is 0.182 e. The quantitative estimate of drug-likeness (QED) is 0.563. The number of hydrogen-bond donors (Lipinski definition) is 3. The van der Waals surface area contributed by atoms with Gasteiger partial charge in [-0.1, -0.05) is 12.2 Å². The van der Waals surface area contributed by atoms with Gasteiger partial charge in [-0.2, -0.15) is 0 Å². The Morgan fingerprint density at radius 2 is 1.47 bits per heavy atom. The Morgan fingerprint density at radius 1 is 1.06 bits per heavy atom. The van der Waals surface area contributed by atoms with Crippen LogP contribution in [0, 0.1) is 0 Å². The molecule has 0 radical (unpaired) electrons. The minimum atomic E-state index is -0.717. The largest absolute Gasteiger partial charge is 0.391 e. The van der Waals surface area contributed by atoms with Gasteiger partial charge >= 0.3 is 0 Å². The van der Waals surface area contributed by atoms with Crippen molar-refractivity contribution in [3.8, 4) is 0 Å². The summed E-state index contributed by atoms with van der Waals surface area (Å²) in [5.41, 5.74) is -1.43. The fourth-order valence-corrected chi connectivity index (χ4v) is 2.65.